The summed E-state index contributed by atoms with van der Waals surface area (Å²) in [6.45, 7) is 2.21. The molecule has 0 saturated carbocycles. The predicted octanol–water partition coefficient (Wildman–Crippen LogP) is 2.78. The highest BCUT2D eigenvalue weighted by atomic mass is 16.3. The van der Waals surface area contributed by atoms with Crippen molar-refractivity contribution in [2.45, 2.75) is 19.4 Å². The number of hydrogen-bond donors (Lipinski definition) is 1. The van der Waals surface area contributed by atoms with Gasteiger partial charge in [-0.3, -0.25) is 0 Å². The Morgan fingerprint density at radius 1 is 1.29 bits per heavy atom. The number of allylic oxidation sites excluding steroid dienone is 4. The maximum atomic E-state index is 9.20. The number of aliphatic hydroxyl groups excluding tert-OH is 1. The summed E-state index contributed by atoms with van der Waals surface area (Å²) in [6, 6.07) is 8.04. The first kappa shape index (κ1) is 9.22. The van der Waals surface area contributed by atoms with Crippen LogP contribution in [0, 0.1) is 0 Å². The third-order valence-corrected chi connectivity index (χ3v) is 2.59. The minimum Gasteiger partial charge on any atom is -0.392 e. The summed E-state index contributed by atoms with van der Waals surface area (Å²) in [5.74, 6) is 0.346. The van der Waals surface area contributed by atoms with Crippen molar-refractivity contribution in [3.8, 4) is 0 Å². The summed E-state index contributed by atoms with van der Waals surface area (Å²) in [7, 11) is 0. The van der Waals surface area contributed by atoms with Crippen molar-refractivity contribution in [3.05, 3.63) is 59.2 Å². The second kappa shape index (κ2) is 3.81. The van der Waals surface area contributed by atoms with Gasteiger partial charge in [-0.1, -0.05) is 48.1 Å². The van der Waals surface area contributed by atoms with Crippen LogP contribution in [0.1, 0.15) is 24.0 Å². The number of hydrogen-bond acceptors (Lipinski definition) is 1. The van der Waals surface area contributed by atoms with Gasteiger partial charge in [-0.2, -0.15) is 0 Å². The van der Waals surface area contributed by atoms with E-state index in [9.17, 15) is 5.11 Å². The molecule has 14 heavy (non-hydrogen) atoms. The van der Waals surface area contributed by atoms with Crippen molar-refractivity contribution in [2.75, 3.05) is 0 Å². The van der Waals surface area contributed by atoms with Crippen LogP contribution in [0.2, 0.25) is 0 Å². The lowest BCUT2D eigenvalue weighted by molar-refractivity contribution is 0.280. The van der Waals surface area contributed by atoms with Gasteiger partial charge in [-0.05, 0) is 18.1 Å². The van der Waals surface area contributed by atoms with E-state index in [-0.39, 0.29) is 6.61 Å². The zero-order valence-electron chi connectivity index (χ0n) is 8.27. The van der Waals surface area contributed by atoms with Crippen LogP contribution in [-0.2, 0) is 6.61 Å². The van der Waals surface area contributed by atoms with Crippen LogP contribution in [0.4, 0.5) is 0 Å². The molecule has 1 aliphatic rings. The van der Waals surface area contributed by atoms with E-state index in [0.717, 1.165) is 5.56 Å². The van der Waals surface area contributed by atoms with Crippen LogP contribution in [-0.4, -0.2) is 5.11 Å². The molecule has 72 valence electrons. The predicted molar refractivity (Wildman–Crippen MR) is 58.0 cm³/mol. The Balaban J connectivity index is 2.37. The summed E-state index contributed by atoms with van der Waals surface area (Å²) >= 11 is 0. The lowest BCUT2D eigenvalue weighted by atomic mass is 9.95. The zero-order chi connectivity index (χ0) is 9.97. The average molecular weight is 186 g/mol. The minimum absolute atomic E-state index is 0.118. The molecule has 1 aromatic carbocycles. The molecule has 0 aliphatic heterocycles. The van der Waals surface area contributed by atoms with E-state index in [1.54, 1.807) is 0 Å². The molecular weight excluding hydrogens is 172 g/mol. The summed E-state index contributed by atoms with van der Waals surface area (Å²) in [5, 5.41) is 9.20. The first-order chi connectivity index (χ1) is 6.81. The van der Waals surface area contributed by atoms with E-state index >= 15 is 0 Å². The molecule has 0 saturated heterocycles. The zero-order valence-corrected chi connectivity index (χ0v) is 8.27. The Morgan fingerprint density at radius 3 is 2.71 bits per heavy atom. The summed E-state index contributed by atoms with van der Waals surface area (Å²) < 4.78 is 0. The van der Waals surface area contributed by atoms with Gasteiger partial charge in [0, 0.05) is 5.92 Å². The van der Waals surface area contributed by atoms with Crippen LogP contribution >= 0.6 is 0 Å². The Kier molecular flexibility index (Phi) is 2.51. The topological polar surface area (TPSA) is 20.2 Å². The molecule has 1 heteroatoms. The van der Waals surface area contributed by atoms with Gasteiger partial charge in [0.2, 0.25) is 0 Å². The minimum atomic E-state index is 0.118. The quantitative estimate of drug-likeness (QED) is 0.753. The van der Waals surface area contributed by atoms with Gasteiger partial charge >= 0.3 is 0 Å². The molecule has 1 atom stereocenters. The highest BCUT2D eigenvalue weighted by molar-refractivity contribution is 5.42. The van der Waals surface area contributed by atoms with Crippen molar-refractivity contribution in [3.63, 3.8) is 0 Å². The van der Waals surface area contributed by atoms with E-state index in [1.807, 2.05) is 18.2 Å². The molecular formula is C13H14O. The standard InChI is InChI=1S/C13H14O/c1-10-6-7-11(8-10)13-5-3-2-4-12(13)9-14/h2-8,11,14H,9H2,1H3. The third-order valence-electron chi connectivity index (χ3n) is 2.59. The van der Waals surface area contributed by atoms with Crippen LogP contribution in [0.25, 0.3) is 0 Å². The monoisotopic (exact) mass is 186 g/mol. The van der Waals surface area contributed by atoms with Crippen molar-refractivity contribution >= 4 is 0 Å². The van der Waals surface area contributed by atoms with Gasteiger partial charge in [0.05, 0.1) is 6.61 Å². The smallest absolute Gasteiger partial charge is 0.0684 e. The first-order valence-electron chi connectivity index (χ1n) is 4.86. The molecule has 1 aliphatic carbocycles. The summed E-state index contributed by atoms with van der Waals surface area (Å²) in [5.41, 5.74) is 3.53. The molecule has 1 N–H and O–H groups in total. The Hall–Kier alpha value is -1.34. The fraction of sp³-hybridized carbons (Fsp3) is 0.231. The lowest BCUT2D eigenvalue weighted by Crippen LogP contribution is -1.96. The van der Waals surface area contributed by atoms with E-state index in [1.165, 1.54) is 11.1 Å². The molecule has 0 heterocycles. The van der Waals surface area contributed by atoms with Crippen molar-refractivity contribution in [1.82, 2.24) is 0 Å². The molecule has 1 nitrogen and oxygen atoms in total. The van der Waals surface area contributed by atoms with Crippen molar-refractivity contribution < 1.29 is 5.11 Å². The average Bonchev–Trinajstić information content (AvgIpc) is 2.65. The largest absolute Gasteiger partial charge is 0.392 e. The number of rotatable bonds is 2. The maximum Gasteiger partial charge on any atom is 0.0684 e. The molecule has 2 rings (SSSR count). The van der Waals surface area contributed by atoms with Crippen LogP contribution in [0.5, 0.6) is 0 Å². The Bertz CT molecular complexity index is 388. The van der Waals surface area contributed by atoms with Crippen LogP contribution in [0.3, 0.4) is 0 Å². The van der Waals surface area contributed by atoms with E-state index in [2.05, 4.69) is 31.2 Å². The van der Waals surface area contributed by atoms with Gasteiger partial charge < -0.3 is 5.11 Å². The van der Waals surface area contributed by atoms with Gasteiger partial charge in [0.1, 0.15) is 0 Å². The molecule has 1 unspecified atom stereocenters. The fourth-order valence-corrected chi connectivity index (χ4v) is 1.85. The van der Waals surface area contributed by atoms with Crippen molar-refractivity contribution in [1.29, 1.82) is 0 Å². The van der Waals surface area contributed by atoms with E-state index < -0.39 is 0 Å². The normalized spacial score (nSPS) is 19.9. The van der Waals surface area contributed by atoms with E-state index in [4.69, 9.17) is 0 Å². The van der Waals surface area contributed by atoms with Crippen molar-refractivity contribution in [2.24, 2.45) is 0 Å². The van der Waals surface area contributed by atoms with Gasteiger partial charge in [0.25, 0.3) is 0 Å². The SMILES string of the molecule is CC1=CC(c2ccccc2CO)C=C1. The number of benzene rings is 1. The summed E-state index contributed by atoms with van der Waals surface area (Å²) in [6.07, 6.45) is 6.51. The maximum absolute atomic E-state index is 9.20. The first-order valence-corrected chi connectivity index (χ1v) is 4.86. The molecule has 0 aromatic heterocycles. The highest BCUT2D eigenvalue weighted by Crippen LogP contribution is 2.28. The van der Waals surface area contributed by atoms with Crippen LogP contribution < -0.4 is 0 Å². The molecule has 0 fully saturated rings. The Morgan fingerprint density at radius 2 is 2.07 bits per heavy atom. The molecule has 0 spiro atoms. The number of aliphatic hydroxyl groups is 1. The Labute approximate surface area is 84.4 Å². The molecule has 0 bridgehead atoms. The highest BCUT2D eigenvalue weighted by Gasteiger charge is 2.12. The third kappa shape index (κ3) is 1.64. The molecule has 1 aromatic rings. The molecule has 0 radical (unpaired) electrons. The molecule has 0 amide bonds. The van der Waals surface area contributed by atoms with Gasteiger partial charge in [-0.15, -0.1) is 0 Å². The van der Waals surface area contributed by atoms with Crippen LogP contribution in [0.15, 0.2) is 48.1 Å². The second-order valence-electron chi connectivity index (χ2n) is 3.65. The second-order valence-corrected chi connectivity index (χ2v) is 3.65. The van der Waals surface area contributed by atoms with Gasteiger partial charge in [-0.25, -0.2) is 0 Å². The lowest BCUT2D eigenvalue weighted by Gasteiger charge is -2.10. The fourth-order valence-electron chi connectivity index (χ4n) is 1.85. The summed E-state index contributed by atoms with van der Waals surface area (Å²) in [4.78, 5) is 0. The van der Waals surface area contributed by atoms with E-state index in [0.29, 0.717) is 5.92 Å². The van der Waals surface area contributed by atoms with Gasteiger partial charge in [0.15, 0.2) is 0 Å².